The Balaban J connectivity index is 1.82. The lowest BCUT2D eigenvalue weighted by Gasteiger charge is -2.08. The Kier molecular flexibility index (Phi) is 2.29. The van der Waals surface area contributed by atoms with E-state index in [1.807, 2.05) is 24.3 Å². The molecule has 1 saturated heterocycles. The summed E-state index contributed by atoms with van der Waals surface area (Å²) in [7, 11) is 1.68. The molecule has 3 rings (SSSR count). The minimum atomic E-state index is 0.400. The summed E-state index contributed by atoms with van der Waals surface area (Å²) in [5, 5.41) is 6.78. The van der Waals surface area contributed by atoms with E-state index in [0.717, 1.165) is 30.2 Å². The second-order valence-corrected chi connectivity index (χ2v) is 4.18. The van der Waals surface area contributed by atoms with Crippen LogP contribution < -0.4 is 15.4 Å². The van der Waals surface area contributed by atoms with Crippen LogP contribution in [-0.4, -0.2) is 38.1 Å². The van der Waals surface area contributed by atoms with Gasteiger partial charge in [-0.3, -0.25) is 4.99 Å². The smallest absolute Gasteiger partial charge is 0.129 e. The largest absolute Gasteiger partial charge is 0.497 e. The maximum Gasteiger partial charge on any atom is 0.129 e. The maximum atomic E-state index is 5.14. The highest BCUT2D eigenvalue weighted by Crippen LogP contribution is 2.17. The van der Waals surface area contributed by atoms with Crippen LogP contribution >= 0.6 is 0 Å². The highest BCUT2D eigenvalue weighted by atomic mass is 16.5. The van der Waals surface area contributed by atoms with Gasteiger partial charge in [0.15, 0.2) is 0 Å². The van der Waals surface area contributed by atoms with Crippen molar-refractivity contribution in [2.24, 2.45) is 4.99 Å². The molecule has 1 fully saturated rings. The summed E-state index contributed by atoms with van der Waals surface area (Å²) in [6.45, 7) is 1.99. The van der Waals surface area contributed by atoms with Crippen molar-refractivity contribution >= 4 is 5.84 Å². The van der Waals surface area contributed by atoms with Gasteiger partial charge in [0, 0.05) is 18.7 Å². The van der Waals surface area contributed by atoms with Gasteiger partial charge in [0.1, 0.15) is 11.6 Å². The van der Waals surface area contributed by atoms with Gasteiger partial charge in [-0.2, -0.15) is 0 Å². The molecular weight excluding hydrogens is 202 g/mol. The fourth-order valence-corrected chi connectivity index (χ4v) is 2.23. The fraction of sp³-hybridized carbons (Fsp3) is 0.417. The average Bonchev–Trinajstić information content (AvgIpc) is 2.89. The Hall–Kier alpha value is -1.55. The van der Waals surface area contributed by atoms with Gasteiger partial charge >= 0.3 is 0 Å². The summed E-state index contributed by atoms with van der Waals surface area (Å²) in [5.74, 6) is 1.89. The van der Waals surface area contributed by atoms with Crippen LogP contribution in [0.5, 0.6) is 5.75 Å². The monoisotopic (exact) mass is 217 g/mol. The van der Waals surface area contributed by atoms with Gasteiger partial charge in [-0.25, -0.2) is 0 Å². The minimum Gasteiger partial charge on any atom is -0.497 e. The summed E-state index contributed by atoms with van der Waals surface area (Å²) >= 11 is 0. The lowest BCUT2D eigenvalue weighted by molar-refractivity contribution is 0.415. The van der Waals surface area contributed by atoms with Gasteiger partial charge in [-0.1, -0.05) is 0 Å². The van der Waals surface area contributed by atoms with E-state index in [2.05, 4.69) is 15.6 Å². The quantitative estimate of drug-likeness (QED) is 0.753. The number of ether oxygens (including phenoxy) is 1. The Morgan fingerprint density at radius 2 is 2.06 bits per heavy atom. The van der Waals surface area contributed by atoms with Crippen molar-refractivity contribution < 1.29 is 4.74 Å². The molecule has 0 aliphatic carbocycles. The van der Waals surface area contributed by atoms with E-state index in [9.17, 15) is 0 Å². The van der Waals surface area contributed by atoms with Crippen molar-refractivity contribution in [2.45, 2.75) is 12.1 Å². The Morgan fingerprint density at radius 3 is 2.75 bits per heavy atom. The summed E-state index contributed by atoms with van der Waals surface area (Å²) in [6.07, 6.45) is 0. The molecule has 2 aliphatic rings. The molecule has 84 valence electrons. The van der Waals surface area contributed by atoms with Crippen LogP contribution in [0.1, 0.15) is 5.56 Å². The second-order valence-electron chi connectivity index (χ2n) is 4.18. The number of nitrogens with one attached hydrogen (secondary N) is 2. The first kappa shape index (κ1) is 9.66. The third kappa shape index (κ3) is 1.55. The molecule has 4 heteroatoms. The van der Waals surface area contributed by atoms with E-state index >= 15 is 0 Å². The lowest BCUT2D eigenvalue weighted by atomic mass is 10.2. The van der Waals surface area contributed by atoms with Crippen molar-refractivity contribution in [1.82, 2.24) is 10.6 Å². The standard InChI is InChI=1S/C12H15N3O/c1-16-9-4-2-8(3-5-9)12-14-10-6-13-7-11(10)15-12/h2-5,10-11,13H,6-7H2,1H3,(H,14,15). The second kappa shape index (κ2) is 3.79. The number of hydrogen-bond donors (Lipinski definition) is 2. The molecule has 2 N–H and O–H groups in total. The SMILES string of the molecule is COc1ccc(C2=NC3CNCC3N2)cc1. The normalized spacial score (nSPS) is 27.2. The first-order valence-electron chi connectivity index (χ1n) is 5.56. The van der Waals surface area contributed by atoms with E-state index in [1.165, 1.54) is 0 Å². The Morgan fingerprint density at radius 1 is 1.25 bits per heavy atom. The molecule has 1 aromatic rings. The van der Waals surface area contributed by atoms with Crippen LogP contribution in [0.15, 0.2) is 29.3 Å². The van der Waals surface area contributed by atoms with E-state index in [-0.39, 0.29) is 0 Å². The zero-order chi connectivity index (χ0) is 11.0. The lowest BCUT2D eigenvalue weighted by Crippen LogP contribution is -2.35. The number of nitrogens with zero attached hydrogens (tertiary/aromatic N) is 1. The molecule has 0 bridgehead atoms. The first-order chi connectivity index (χ1) is 7.86. The number of aliphatic imine (C=N–C) groups is 1. The Labute approximate surface area is 94.7 Å². The van der Waals surface area contributed by atoms with Crippen LogP contribution in [0.3, 0.4) is 0 Å². The van der Waals surface area contributed by atoms with Gasteiger partial charge in [-0.15, -0.1) is 0 Å². The summed E-state index contributed by atoms with van der Waals surface area (Å²) < 4.78 is 5.14. The topological polar surface area (TPSA) is 45.6 Å². The number of rotatable bonds is 2. The van der Waals surface area contributed by atoms with Crippen molar-refractivity contribution in [2.75, 3.05) is 20.2 Å². The maximum absolute atomic E-state index is 5.14. The molecule has 2 unspecified atom stereocenters. The highest BCUT2D eigenvalue weighted by molar-refractivity contribution is 6.00. The van der Waals surface area contributed by atoms with Crippen LogP contribution in [0.4, 0.5) is 0 Å². The van der Waals surface area contributed by atoms with Crippen LogP contribution in [0.2, 0.25) is 0 Å². The molecule has 0 saturated carbocycles. The number of methoxy groups -OCH3 is 1. The zero-order valence-electron chi connectivity index (χ0n) is 9.23. The predicted molar refractivity (Wildman–Crippen MR) is 63.1 cm³/mol. The van der Waals surface area contributed by atoms with Crippen molar-refractivity contribution in [3.8, 4) is 5.75 Å². The summed E-state index contributed by atoms with van der Waals surface area (Å²) in [6, 6.07) is 8.88. The average molecular weight is 217 g/mol. The molecule has 1 aromatic carbocycles. The molecule has 2 aliphatic heterocycles. The third-order valence-electron chi connectivity index (χ3n) is 3.16. The van der Waals surface area contributed by atoms with Gasteiger partial charge in [0.25, 0.3) is 0 Å². The predicted octanol–water partition coefficient (Wildman–Crippen LogP) is 0.385. The van der Waals surface area contributed by atoms with E-state index in [1.54, 1.807) is 7.11 Å². The summed E-state index contributed by atoms with van der Waals surface area (Å²) in [4.78, 5) is 4.68. The molecule has 2 atom stereocenters. The number of hydrogen-bond acceptors (Lipinski definition) is 4. The van der Waals surface area contributed by atoms with E-state index in [4.69, 9.17) is 4.74 Å². The molecule has 0 aromatic heterocycles. The van der Waals surface area contributed by atoms with Gasteiger partial charge in [0.05, 0.1) is 19.2 Å². The number of benzene rings is 1. The van der Waals surface area contributed by atoms with Gasteiger partial charge in [0.2, 0.25) is 0 Å². The minimum absolute atomic E-state index is 0.400. The fourth-order valence-electron chi connectivity index (χ4n) is 2.23. The van der Waals surface area contributed by atoms with Crippen molar-refractivity contribution in [1.29, 1.82) is 0 Å². The van der Waals surface area contributed by atoms with Crippen LogP contribution in [0.25, 0.3) is 0 Å². The third-order valence-corrected chi connectivity index (χ3v) is 3.16. The van der Waals surface area contributed by atoms with Crippen molar-refractivity contribution in [3.05, 3.63) is 29.8 Å². The molecule has 0 amide bonds. The Bertz CT molecular complexity index is 413. The van der Waals surface area contributed by atoms with Crippen LogP contribution in [-0.2, 0) is 0 Å². The zero-order valence-corrected chi connectivity index (χ0v) is 9.23. The summed E-state index contributed by atoms with van der Waals surface area (Å²) in [5.41, 5.74) is 1.13. The molecule has 0 radical (unpaired) electrons. The van der Waals surface area contributed by atoms with Crippen LogP contribution in [0, 0.1) is 0 Å². The van der Waals surface area contributed by atoms with Gasteiger partial charge < -0.3 is 15.4 Å². The molecule has 16 heavy (non-hydrogen) atoms. The molecule has 2 heterocycles. The highest BCUT2D eigenvalue weighted by Gasteiger charge is 2.32. The van der Waals surface area contributed by atoms with Crippen molar-refractivity contribution in [3.63, 3.8) is 0 Å². The number of amidine groups is 1. The first-order valence-corrected chi connectivity index (χ1v) is 5.56. The molecular formula is C12H15N3O. The molecule has 4 nitrogen and oxygen atoms in total. The molecule has 0 spiro atoms. The van der Waals surface area contributed by atoms with Gasteiger partial charge in [-0.05, 0) is 24.3 Å². The van der Waals surface area contributed by atoms with E-state index < -0.39 is 0 Å². The van der Waals surface area contributed by atoms with E-state index in [0.29, 0.717) is 12.1 Å². The number of fused-ring (bicyclic) bond motifs is 1.